The highest BCUT2D eigenvalue weighted by molar-refractivity contribution is 6.03. The Labute approximate surface area is 201 Å². The molecule has 172 valence electrons. The van der Waals surface area contributed by atoms with Crippen molar-refractivity contribution < 1.29 is 4.79 Å². The summed E-state index contributed by atoms with van der Waals surface area (Å²) in [5, 5.41) is 12.1. The van der Waals surface area contributed by atoms with Gasteiger partial charge < -0.3 is 5.32 Å². The Morgan fingerprint density at radius 3 is 2.44 bits per heavy atom. The summed E-state index contributed by atoms with van der Waals surface area (Å²) in [6, 6.07) is 24.4. The number of piperidine rings is 1. The molecule has 2 heterocycles. The van der Waals surface area contributed by atoms with Crippen molar-refractivity contribution in [3.63, 3.8) is 0 Å². The molecule has 2 amide bonds. The van der Waals surface area contributed by atoms with E-state index in [9.17, 15) is 4.79 Å². The van der Waals surface area contributed by atoms with E-state index in [1.807, 2.05) is 48.2 Å². The molecule has 5 nitrogen and oxygen atoms in total. The van der Waals surface area contributed by atoms with Crippen LogP contribution in [0.4, 0.5) is 16.2 Å². The fourth-order valence-electron chi connectivity index (χ4n) is 5.39. The molecule has 0 unspecified atom stereocenters. The minimum Gasteiger partial charge on any atom is -0.308 e. The molecule has 2 aliphatic rings. The quantitative estimate of drug-likeness (QED) is 0.552. The first kappa shape index (κ1) is 22.2. The largest absolute Gasteiger partial charge is 0.326 e. The van der Waals surface area contributed by atoms with Gasteiger partial charge in [-0.15, -0.1) is 0 Å². The number of rotatable bonds is 3. The third kappa shape index (κ3) is 4.30. The van der Waals surface area contributed by atoms with E-state index < -0.39 is 0 Å². The highest BCUT2D eigenvalue weighted by Crippen LogP contribution is 2.47. The van der Waals surface area contributed by atoms with Gasteiger partial charge in [-0.3, -0.25) is 9.80 Å². The molecule has 1 saturated heterocycles. The second-order valence-corrected chi connectivity index (χ2v) is 9.77. The van der Waals surface area contributed by atoms with Crippen LogP contribution in [-0.2, 0) is 12.0 Å². The lowest BCUT2D eigenvalue weighted by Gasteiger charge is -2.40. The van der Waals surface area contributed by atoms with Crippen LogP contribution >= 0.6 is 0 Å². The maximum absolute atomic E-state index is 13.3. The number of benzene rings is 3. The summed E-state index contributed by atoms with van der Waals surface area (Å²) in [6.45, 7) is 7.74. The van der Waals surface area contributed by atoms with Gasteiger partial charge >= 0.3 is 6.03 Å². The van der Waals surface area contributed by atoms with Crippen molar-refractivity contribution in [2.45, 2.75) is 38.6 Å². The zero-order chi connectivity index (χ0) is 23.7. The Hall–Kier alpha value is -3.62. The van der Waals surface area contributed by atoms with Gasteiger partial charge in [0, 0.05) is 29.9 Å². The van der Waals surface area contributed by atoms with E-state index in [2.05, 4.69) is 53.5 Å². The number of nitriles is 1. The maximum Gasteiger partial charge on any atom is 0.326 e. The van der Waals surface area contributed by atoms with Crippen LogP contribution in [0, 0.1) is 25.2 Å². The number of urea groups is 1. The first-order valence-corrected chi connectivity index (χ1v) is 11.9. The van der Waals surface area contributed by atoms with Crippen LogP contribution in [0.2, 0.25) is 0 Å². The Bertz CT molecular complexity index is 1250. The minimum absolute atomic E-state index is 0.00748. The lowest BCUT2D eigenvalue weighted by molar-refractivity contribution is 0.160. The van der Waals surface area contributed by atoms with Gasteiger partial charge in [-0.05, 0) is 86.8 Å². The van der Waals surface area contributed by atoms with Crippen molar-refractivity contribution in [2.75, 3.05) is 29.9 Å². The van der Waals surface area contributed by atoms with E-state index in [4.69, 9.17) is 5.26 Å². The van der Waals surface area contributed by atoms with Crippen LogP contribution in [-0.4, -0.2) is 30.6 Å². The molecule has 5 heteroatoms. The fraction of sp³-hybridized carbons (Fsp3) is 0.310. The minimum atomic E-state index is -0.0624. The smallest absolute Gasteiger partial charge is 0.308 e. The number of hydrogen-bond donors (Lipinski definition) is 1. The summed E-state index contributed by atoms with van der Waals surface area (Å²) in [5.41, 5.74) is 7.46. The van der Waals surface area contributed by atoms with E-state index in [0.29, 0.717) is 12.1 Å². The van der Waals surface area contributed by atoms with Crippen molar-refractivity contribution in [3.05, 3.63) is 94.5 Å². The van der Waals surface area contributed by atoms with Crippen molar-refractivity contribution in [1.82, 2.24) is 4.90 Å². The molecule has 0 saturated carbocycles. The Balaban J connectivity index is 1.33. The van der Waals surface area contributed by atoms with Crippen LogP contribution in [0.15, 0.2) is 66.7 Å². The monoisotopic (exact) mass is 450 g/mol. The molecule has 0 bridgehead atoms. The van der Waals surface area contributed by atoms with Gasteiger partial charge in [0.15, 0.2) is 0 Å². The van der Waals surface area contributed by atoms with Gasteiger partial charge in [0.25, 0.3) is 0 Å². The average Bonchev–Trinajstić information content (AvgIpc) is 3.14. The highest BCUT2D eigenvalue weighted by Gasteiger charge is 2.46. The van der Waals surface area contributed by atoms with Gasteiger partial charge in [0.05, 0.1) is 11.6 Å². The van der Waals surface area contributed by atoms with Gasteiger partial charge in [-0.2, -0.15) is 5.26 Å². The van der Waals surface area contributed by atoms with Crippen molar-refractivity contribution in [1.29, 1.82) is 5.26 Å². The van der Waals surface area contributed by atoms with Crippen molar-refractivity contribution in [2.24, 2.45) is 0 Å². The van der Waals surface area contributed by atoms with Crippen molar-refractivity contribution in [3.8, 4) is 6.07 Å². The van der Waals surface area contributed by atoms with Gasteiger partial charge in [0.1, 0.15) is 0 Å². The molecule has 1 spiro atoms. The standard InChI is InChI=1S/C29H30N4O/c1-21-4-3-5-25(16-21)31-28(34)33-20-29(26-17-22(2)6-11-27(26)33)12-14-32(15-13-29)19-24-9-7-23(18-30)8-10-24/h3-11,16-17H,12-15,19-20H2,1-2H3,(H,31,34). The summed E-state index contributed by atoms with van der Waals surface area (Å²) in [5.74, 6) is 0. The number of carbonyl (C=O) groups is 1. The molecule has 0 atom stereocenters. The maximum atomic E-state index is 13.3. The predicted molar refractivity (Wildman–Crippen MR) is 136 cm³/mol. The van der Waals surface area contributed by atoms with Gasteiger partial charge in [0.2, 0.25) is 0 Å². The highest BCUT2D eigenvalue weighted by atomic mass is 16.2. The fourth-order valence-corrected chi connectivity index (χ4v) is 5.39. The molecule has 1 N–H and O–H groups in total. The SMILES string of the molecule is Cc1cccc(NC(=O)N2CC3(CCN(Cc4ccc(C#N)cc4)CC3)c3cc(C)ccc32)c1. The Morgan fingerprint density at radius 1 is 1.00 bits per heavy atom. The van der Waals surface area contributed by atoms with Gasteiger partial charge in [-0.25, -0.2) is 4.79 Å². The van der Waals surface area contributed by atoms with E-state index in [0.717, 1.165) is 49.4 Å². The number of nitrogens with zero attached hydrogens (tertiary/aromatic N) is 3. The Morgan fingerprint density at radius 2 is 1.74 bits per heavy atom. The molecule has 0 aromatic heterocycles. The molecule has 0 radical (unpaired) electrons. The van der Waals surface area contributed by atoms with Gasteiger partial charge in [-0.1, -0.05) is 42.0 Å². The molecule has 0 aliphatic carbocycles. The molecule has 3 aromatic rings. The summed E-state index contributed by atoms with van der Waals surface area (Å²) in [4.78, 5) is 17.8. The van der Waals surface area contributed by atoms with Crippen LogP contribution in [0.5, 0.6) is 0 Å². The van der Waals surface area contributed by atoms with Crippen LogP contribution in [0.25, 0.3) is 0 Å². The topological polar surface area (TPSA) is 59.4 Å². The normalized spacial score (nSPS) is 16.8. The number of amides is 2. The van der Waals surface area contributed by atoms with Crippen LogP contribution < -0.4 is 10.2 Å². The number of carbonyl (C=O) groups excluding carboxylic acids is 1. The van der Waals surface area contributed by atoms with Crippen molar-refractivity contribution >= 4 is 17.4 Å². The van der Waals surface area contributed by atoms with E-state index in [1.54, 1.807) is 0 Å². The number of aryl methyl sites for hydroxylation is 2. The zero-order valence-electron chi connectivity index (χ0n) is 19.8. The summed E-state index contributed by atoms with van der Waals surface area (Å²) >= 11 is 0. The molecular formula is C29H30N4O. The predicted octanol–water partition coefficient (Wildman–Crippen LogP) is 5.76. The zero-order valence-corrected chi connectivity index (χ0v) is 19.8. The Kier molecular flexibility index (Phi) is 5.85. The second-order valence-electron chi connectivity index (χ2n) is 9.77. The number of fused-ring (bicyclic) bond motifs is 2. The molecule has 3 aromatic carbocycles. The number of likely N-dealkylation sites (tertiary alicyclic amines) is 1. The molecular weight excluding hydrogens is 420 g/mol. The summed E-state index contributed by atoms with van der Waals surface area (Å²) in [7, 11) is 0. The molecule has 1 fully saturated rings. The third-order valence-electron chi connectivity index (χ3n) is 7.29. The summed E-state index contributed by atoms with van der Waals surface area (Å²) in [6.07, 6.45) is 2.04. The first-order chi connectivity index (χ1) is 16.5. The lowest BCUT2D eigenvalue weighted by Crippen LogP contribution is -2.46. The van der Waals surface area contributed by atoms with Crippen LogP contribution in [0.3, 0.4) is 0 Å². The number of nitrogens with one attached hydrogen (secondary N) is 1. The molecule has 34 heavy (non-hydrogen) atoms. The summed E-state index contributed by atoms with van der Waals surface area (Å²) < 4.78 is 0. The van der Waals surface area contributed by atoms with E-state index >= 15 is 0 Å². The third-order valence-corrected chi connectivity index (χ3v) is 7.29. The lowest BCUT2D eigenvalue weighted by atomic mass is 9.74. The first-order valence-electron chi connectivity index (χ1n) is 11.9. The number of hydrogen-bond acceptors (Lipinski definition) is 3. The molecule has 2 aliphatic heterocycles. The number of anilines is 2. The van der Waals surface area contributed by atoms with E-state index in [1.165, 1.54) is 16.7 Å². The van der Waals surface area contributed by atoms with Crippen LogP contribution in [0.1, 0.15) is 40.7 Å². The molecule has 5 rings (SSSR count). The second kappa shape index (κ2) is 8.96. The van der Waals surface area contributed by atoms with E-state index in [-0.39, 0.29) is 11.4 Å². The average molecular weight is 451 g/mol.